The van der Waals surface area contributed by atoms with E-state index in [-0.39, 0.29) is 11.8 Å². The second-order valence-corrected chi connectivity index (χ2v) is 8.26. The van der Waals surface area contributed by atoms with Gasteiger partial charge in [0.05, 0.1) is 31.4 Å². The molecule has 2 fully saturated rings. The zero-order chi connectivity index (χ0) is 19.6. The zero-order valence-electron chi connectivity index (χ0n) is 16.7. The monoisotopic (exact) mass is 396 g/mol. The summed E-state index contributed by atoms with van der Waals surface area (Å²) in [4.78, 5) is 14.9. The van der Waals surface area contributed by atoms with E-state index in [9.17, 15) is 4.79 Å². The normalized spacial score (nSPS) is 22.4. The minimum atomic E-state index is -0.0436. The molecule has 1 aromatic heterocycles. The minimum Gasteiger partial charge on any atom is -0.493 e. The molecule has 1 unspecified atom stereocenters. The van der Waals surface area contributed by atoms with Crippen LogP contribution in [0.5, 0.6) is 5.75 Å². The van der Waals surface area contributed by atoms with Gasteiger partial charge in [-0.1, -0.05) is 12.1 Å². The van der Waals surface area contributed by atoms with Crippen LogP contribution in [0.3, 0.4) is 0 Å². The van der Waals surface area contributed by atoms with Gasteiger partial charge in [-0.2, -0.15) is 5.10 Å². The Hall–Kier alpha value is -2.38. The van der Waals surface area contributed by atoms with Crippen molar-refractivity contribution in [3.05, 3.63) is 41.6 Å². The SMILES string of the molecule is O=C(Nc1ccnn1C1CCN(Cc2ccc3c(c2)CCO3)CC1)C1CCOC1. The summed E-state index contributed by atoms with van der Waals surface area (Å²) in [7, 11) is 0. The Morgan fingerprint density at radius 3 is 2.90 bits per heavy atom. The van der Waals surface area contributed by atoms with Crippen molar-refractivity contribution >= 4 is 11.7 Å². The molecule has 0 radical (unpaired) electrons. The van der Waals surface area contributed by atoms with E-state index in [1.54, 1.807) is 6.20 Å². The van der Waals surface area contributed by atoms with E-state index in [0.29, 0.717) is 19.3 Å². The lowest BCUT2D eigenvalue weighted by atomic mass is 10.0. The number of hydrogen-bond acceptors (Lipinski definition) is 5. The van der Waals surface area contributed by atoms with Crippen molar-refractivity contribution in [3.63, 3.8) is 0 Å². The van der Waals surface area contributed by atoms with Crippen molar-refractivity contribution in [2.24, 2.45) is 5.92 Å². The number of aromatic nitrogens is 2. The molecule has 0 bridgehead atoms. The van der Waals surface area contributed by atoms with Crippen molar-refractivity contribution in [2.45, 2.75) is 38.3 Å². The van der Waals surface area contributed by atoms with E-state index >= 15 is 0 Å². The number of anilines is 1. The summed E-state index contributed by atoms with van der Waals surface area (Å²) in [5, 5.41) is 7.57. The van der Waals surface area contributed by atoms with Crippen molar-refractivity contribution in [2.75, 3.05) is 38.2 Å². The number of likely N-dealkylation sites (tertiary alicyclic amines) is 1. The lowest BCUT2D eigenvalue weighted by Crippen LogP contribution is -2.35. The van der Waals surface area contributed by atoms with Gasteiger partial charge in [-0.05, 0) is 36.5 Å². The first kappa shape index (κ1) is 18.6. The van der Waals surface area contributed by atoms with Crippen molar-refractivity contribution in [1.82, 2.24) is 14.7 Å². The molecule has 29 heavy (non-hydrogen) atoms. The Bertz CT molecular complexity index is 867. The van der Waals surface area contributed by atoms with Crippen molar-refractivity contribution in [3.8, 4) is 5.75 Å². The molecule has 7 nitrogen and oxygen atoms in total. The number of rotatable bonds is 5. The molecule has 0 aliphatic carbocycles. The number of ether oxygens (including phenoxy) is 2. The summed E-state index contributed by atoms with van der Waals surface area (Å²) in [6, 6.07) is 8.81. The average Bonchev–Trinajstić information content (AvgIpc) is 3.50. The second kappa shape index (κ2) is 8.16. The molecule has 1 amide bonds. The summed E-state index contributed by atoms with van der Waals surface area (Å²) in [5.41, 5.74) is 2.69. The molecule has 0 spiro atoms. The number of carbonyl (C=O) groups is 1. The maximum Gasteiger partial charge on any atom is 0.231 e. The van der Waals surface area contributed by atoms with Crippen LogP contribution >= 0.6 is 0 Å². The third kappa shape index (κ3) is 4.02. The number of carbonyl (C=O) groups excluding carboxylic acids is 1. The van der Waals surface area contributed by atoms with Gasteiger partial charge in [0.25, 0.3) is 0 Å². The van der Waals surface area contributed by atoms with E-state index in [4.69, 9.17) is 9.47 Å². The summed E-state index contributed by atoms with van der Waals surface area (Å²) >= 11 is 0. The Kier molecular flexibility index (Phi) is 5.24. The molecule has 7 heteroatoms. The van der Waals surface area contributed by atoms with E-state index in [1.807, 2.05) is 10.7 Å². The van der Waals surface area contributed by atoms with Crippen LogP contribution in [0.1, 0.15) is 36.4 Å². The second-order valence-electron chi connectivity index (χ2n) is 8.26. The molecule has 5 rings (SSSR count). The van der Waals surface area contributed by atoms with E-state index in [0.717, 1.165) is 63.5 Å². The number of nitrogens with zero attached hydrogens (tertiary/aromatic N) is 3. The first-order valence-corrected chi connectivity index (χ1v) is 10.7. The molecule has 3 aliphatic heterocycles. The Balaban J connectivity index is 1.17. The van der Waals surface area contributed by atoms with Crippen LogP contribution in [0.25, 0.3) is 0 Å². The van der Waals surface area contributed by atoms with Crippen LogP contribution in [0.15, 0.2) is 30.5 Å². The number of fused-ring (bicyclic) bond motifs is 1. The fraction of sp³-hybridized carbons (Fsp3) is 0.545. The number of benzene rings is 1. The maximum atomic E-state index is 12.4. The van der Waals surface area contributed by atoms with Gasteiger partial charge in [0.15, 0.2) is 0 Å². The topological polar surface area (TPSA) is 68.6 Å². The lowest BCUT2D eigenvalue weighted by Gasteiger charge is -2.32. The summed E-state index contributed by atoms with van der Waals surface area (Å²) in [6.07, 6.45) is 5.66. The molecule has 1 aromatic carbocycles. The smallest absolute Gasteiger partial charge is 0.231 e. The third-order valence-electron chi connectivity index (χ3n) is 6.29. The van der Waals surface area contributed by atoms with Gasteiger partial charge in [0.2, 0.25) is 5.91 Å². The van der Waals surface area contributed by atoms with Crippen molar-refractivity contribution < 1.29 is 14.3 Å². The zero-order valence-corrected chi connectivity index (χ0v) is 16.7. The standard InChI is InChI=1S/C22H28N4O3/c27-22(18-6-11-28-15-18)24-21-3-8-23-26(21)19-4-9-25(10-5-19)14-16-1-2-20-17(13-16)7-12-29-20/h1-3,8,13,18-19H,4-7,9-12,14-15H2,(H,24,27). The van der Waals surface area contributed by atoms with Crippen LogP contribution in [0.4, 0.5) is 5.82 Å². The first-order chi connectivity index (χ1) is 14.3. The molecule has 3 aliphatic rings. The van der Waals surface area contributed by atoms with Gasteiger partial charge in [-0.3, -0.25) is 9.69 Å². The van der Waals surface area contributed by atoms with Crippen LogP contribution in [-0.2, 0) is 22.5 Å². The molecular formula is C22H28N4O3. The van der Waals surface area contributed by atoms with Crippen molar-refractivity contribution in [1.29, 1.82) is 0 Å². The third-order valence-corrected chi connectivity index (χ3v) is 6.29. The Morgan fingerprint density at radius 2 is 2.07 bits per heavy atom. The van der Waals surface area contributed by atoms with E-state index in [1.165, 1.54) is 11.1 Å². The minimum absolute atomic E-state index is 0.0436. The van der Waals surface area contributed by atoms with Gasteiger partial charge < -0.3 is 14.8 Å². The summed E-state index contributed by atoms with van der Waals surface area (Å²) in [6.45, 7) is 5.04. The highest BCUT2D eigenvalue weighted by atomic mass is 16.5. The van der Waals surface area contributed by atoms with E-state index in [2.05, 4.69) is 33.5 Å². The predicted molar refractivity (Wildman–Crippen MR) is 109 cm³/mol. The highest BCUT2D eigenvalue weighted by molar-refractivity contribution is 5.92. The number of hydrogen-bond donors (Lipinski definition) is 1. The Labute approximate surface area is 171 Å². The molecule has 1 N–H and O–H groups in total. The van der Waals surface area contributed by atoms with Gasteiger partial charge in [0, 0.05) is 38.7 Å². The van der Waals surface area contributed by atoms with Gasteiger partial charge in [0.1, 0.15) is 11.6 Å². The molecule has 154 valence electrons. The molecule has 2 saturated heterocycles. The van der Waals surface area contributed by atoms with Gasteiger partial charge in [-0.25, -0.2) is 4.68 Å². The number of piperidine rings is 1. The van der Waals surface area contributed by atoms with Crippen LogP contribution < -0.4 is 10.1 Å². The highest BCUT2D eigenvalue weighted by Crippen LogP contribution is 2.29. The van der Waals surface area contributed by atoms with Crippen LogP contribution in [0.2, 0.25) is 0 Å². The maximum absolute atomic E-state index is 12.4. The van der Waals surface area contributed by atoms with Crippen LogP contribution in [-0.4, -0.2) is 53.5 Å². The fourth-order valence-electron chi connectivity index (χ4n) is 4.59. The number of nitrogens with one attached hydrogen (secondary N) is 1. The lowest BCUT2D eigenvalue weighted by molar-refractivity contribution is -0.119. The number of amides is 1. The quantitative estimate of drug-likeness (QED) is 0.842. The largest absolute Gasteiger partial charge is 0.493 e. The molecule has 2 aromatic rings. The fourth-order valence-corrected chi connectivity index (χ4v) is 4.59. The molecule has 4 heterocycles. The van der Waals surface area contributed by atoms with Crippen LogP contribution in [0, 0.1) is 5.92 Å². The predicted octanol–water partition coefficient (Wildman–Crippen LogP) is 2.63. The van der Waals surface area contributed by atoms with E-state index < -0.39 is 0 Å². The van der Waals surface area contributed by atoms with Gasteiger partial charge in [-0.15, -0.1) is 0 Å². The Morgan fingerprint density at radius 1 is 1.17 bits per heavy atom. The average molecular weight is 396 g/mol. The molecule has 1 atom stereocenters. The highest BCUT2D eigenvalue weighted by Gasteiger charge is 2.27. The summed E-state index contributed by atoms with van der Waals surface area (Å²) < 4.78 is 12.9. The van der Waals surface area contributed by atoms with Gasteiger partial charge >= 0.3 is 0 Å². The molecular weight excluding hydrogens is 368 g/mol. The molecule has 0 saturated carbocycles. The summed E-state index contributed by atoms with van der Waals surface area (Å²) in [5.74, 6) is 1.85. The first-order valence-electron chi connectivity index (χ1n) is 10.7.